The highest BCUT2D eigenvalue weighted by atomic mass is 32.2. The SMILES string of the molecule is Cc1sc2ncnc(SCCC(=O)NCCc3nc(C(C)C)no3)c2c1C. The van der Waals surface area contributed by atoms with Crippen LogP contribution in [0.3, 0.4) is 0 Å². The van der Waals surface area contributed by atoms with Crippen LogP contribution in [0.2, 0.25) is 0 Å². The largest absolute Gasteiger partial charge is 0.356 e. The zero-order chi connectivity index (χ0) is 19.4. The van der Waals surface area contributed by atoms with Gasteiger partial charge in [-0.3, -0.25) is 4.79 Å². The van der Waals surface area contributed by atoms with Crippen LogP contribution in [0.15, 0.2) is 15.9 Å². The van der Waals surface area contributed by atoms with Crippen LogP contribution >= 0.6 is 23.1 Å². The molecule has 144 valence electrons. The summed E-state index contributed by atoms with van der Waals surface area (Å²) in [5.74, 6) is 2.17. The van der Waals surface area contributed by atoms with E-state index in [0.29, 0.717) is 36.9 Å². The number of nitrogens with one attached hydrogen (secondary N) is 1. The van der Waals surface area contributed by atoms with Gasteiger partial charge in [0.2, 0.25) is 11.8 Å². The Balaban J connectivity index is 1.44. The fourth-order valence-corrected chi connectivity index (χ4v) is 4.56. The summed E-state index contributed by atoms with van der Waals surface area (Å²) in [5.41, 5.74) is 1.22. The number of amides is 1. The first kappa shape index (κ1) is 19.8. The minimum absolute atomic E-state index is 0.00891. The summed E-state index contributed by atoms with van der Waals surface area (Å²) in [6.45, 7) is 8.70. The van der Waals surface area contributed by atoms with Crippen molar-refractivity contribution in [2.24, 2.45) is 0 Å². The maximum absolute atomic E-state index is 12.0. The molecule has 3 aromatic rings. The van der Waals surface area contributed by atoms with Gasteiger partial charge in [0.05, 0.1) is 0 Å². The second-order valence-corrected chi connectivity index (χ2v) is 8.83. The van der Waals surface area contributed by atoms with E-state index in [-0.39, 0.29) is 11.8 Å². The molecule has 0 aliphatic rings. The Labute approximate surface area is 166 Å². The van der Waals surface area contributed by atoms with E-state index in [1.807, 2.05) is 13.8 Å². The van der Waals surface area contributed by atoms with Crippen LogP contribution in [-0.2, 0) is 11.2 Å². The Hall–Kier alpha value is -2.00. The first-order valence-electron chi connectivity index (χ1n) is 8.88. The molecule has 3 rings (SSSR count). The van der Waals surface area contributed by atoms with Gasteiger partial charge in [-0.15, -0.1) is 23.1 Å². The van der Waals surface area contributed by atoms with Gasteiger partial charge in [0.1, 0.15) is 16.2 Å². The molecule has 0 aliphatic heterocycles. The van der Waals surface area contributed by atoms with Crippen molar-refractivity contribution >= 4 is 39.2 Å². The van der Waals surface area contributed by atoms with Crippen molar-refractivity contribution < 1.29 is 9.32 Å². The lowest BCUT2D eigenvalue weighted by atomic mass is 10.2. The molecule has 3 heterocycles. The smallest absolute Gasteiger partial charge is 0.228 e. The van der Waals surface area contributed by atoms with Crippen LogP contribution in [0.25, 0.3) is 10.2 Å². The minimum atomic E-state index is 0.00891. The van der Waals surface area contributed by atoms with Crippen LogP contribution in [0, 0.1) is 13.8 Å². The van der Waals surface area contributed by atoms with Crippen molar-refractivity contribution in [2.75, 3.05) is 12.3 Å². The van der Waals surface area contributed by atoms with Gasteiger partial charge in [-0.1, -0.05) is 19.0 Å². The molecular weight excluding hydrogens is 382 g/mol. The van der Waals surface area contributed by atoms with E-state index in [9.17, 15) is 4.79 Å². The van der Waals surface area contributed by atoms with E-state index >= 15 is 0 Å². The lowest BCUT2D eigenvalue weighted by molar-refractivity contribution is -0.120. The van der Waals surface area contributed by atoms with Crippen LogP contribution in [0.5, 0.6) is 0 Å². The molecule has 3 aromatic heterocycles. The Kier molecular flexibility index (Phi) is 6.43. The molecular formula is C18H23N5O2S2. The van der Waals surface area contributed by atoms with Crippen LogP contribution in [-0.4, -0.2) is 38.3 Å². The Morgan fingerprint density at radius 3 is 2.89 bits per heavy atom. The summed E-state index contributed by atoms with van der Waals surface area (Å²) in [7, 11) is 0. The average Bonchev–Trinajstić information content (AvgIpc) is 3.21. The molecule has 0 atom stereocenters. The molecule has 1 N–H and O–H groups in total. The monoisotopic (exact) mass is 405 g/mol. The third-order valence-electron chi connectivity index (χ3n) is 4.16. The molecule has 27 heavy (non-hydrogen) atoms. The molecule has 0 aliphatic carbocycles. The highest BCUT2D eigenvalue weighted by Gasteiger charge is 2.13. The Morgan fingerprint density at radius 2 is 2.15 bits per heavy atom. The van der Waals surface area contributed by atoms with Crippen LogP contribution in [0.1, 0.15) is 48.3 Å². The quantitative estimate of drug-likeness (QED) is 0.451. The second kappa shape index (κ2) is 8.79. The molecule has 7 nitrogen and oxygen atoms in total. The van der Waals surface area contributed by atoms with Gasteiger partial charge < -0.3 is 9.84 Å². The summed E-state index contributed by atoms with van der Waals surface area (Å²) < 4.78 is 5.17. The first-order valence-corrected chi connectivity index (χ1v) is 10.7. The molecule has 0 radical (unpaired) electrons. The number of nitrogens with zero attached hydrogens (tertiary/aromatic N) is 4. The van der Waals surface area contributed by atoms with Gasteiger partial charge >= 0.3 is 0 Å². The fourth-order valence-electron chi connectivity index (χ4n) is 2.50. The summed E-state index contributed by atoms with van der Waals surface area (Å²) in [5, 5.41) is 8.87. The van der Waals surface area contributed by atoms with Gasteiger partial charge in [0, 0.05) is 41.3 Å². The van der Waals surface area contributed by atoms with E-state index < -0.39 is 0 Å². The van der Waals surface area contributed by atoms with Crippen molar-refractivity contribution in [2.45, 2.75) is 51.5 Å². The van der Waals surface area contributed by atoms with Gasteiger partial charge in [-0.05, 0) is 19.4 Å². The predicted molar refractivity (Wildman–Crippen MR) is 107 cm³/mol. The number of thiophene rings is 1. The van der Waals surface area contributed by atoms with Crippen molar-refractivity contribution in [1.82, 2.24) is 25.4 Å². The summed E-state index contributed by atoms with van der Waals surface area (Å²) in [6, 6.07) is 0. The normalized spacial score (nSPS) is 11.4. The Bertz CT molecular complexity index is 935. The van der Waals surface area contributed by atoms with Crippen molar-refractivity contribution in [3.05, 3.63) is 28.5 Å². The van der Waals surface area contributed by atoms with Crippen molar-refractivity contribution in [3.63, 3.8) is 0 Å². The maximum atomic E-state index is 12.0. The Morgan fingerprint density at radius 1 is 1.33 bits per heavy atom. The first-order chi connectivity index (χ1) is 13.0. The van der Waals surface area contributed by atoms with Crippen molar-refractivity contribution in [3.8, 4) is 0 Å². The number of fused-ring (bicyclic) bond motifs is 1. The molecule has 0 spiro atoms. The number of carbonyl (C=O) groups excluding carboxylic acids is 1. The maximum Gasteiger partial charge on any atom is 0.228 e. The predicted octanol–water partition coefficient (Wildman–Crippen LogP) is 3.66. The summed E-state index contributed by atoms with van der Waals surface area (Å²) in [4.78, 5) is 27.4. The molecule has 0 aromatic carbocycles. The number of aromatic nitrogens is 4. The van der Waals surface area contributed by atoms with Gasteiger partial charge in [-0.2, -0.15) is 4.98 Å². The number of aryl methyl sites for hydroxylation is 2. The summed E-state index contributed by atoms with van der Waals surface area (Å²) >= 11 is 3.28. The van der Waals surface area contributed by atoms with E-state index in [1.165, 1.54) is 10.4 Å². The molecule has 0 saturated carbocycles. The topological polar surface area (TPSA) is 93.8 Å². The van der Waals surface area contributed by atoms with Crippen LogP contribution < -0.4 is 5.32 Å². The molecule has 0 saturated heterocycles. The van der Waals surface area contributed by atoms with E-state index in [0.717, 1.165) is 15.2 Å². The standard InChI is InChI=1S/C18H23N5O2S2/c1-10(2)16-22-14(25-23-16)5-7-19-13(24)6-8-26-17-15-11(3)12(4)27-18(15)21-9-20-17/h9-10H,5-8H2,1-4H3,(H,19,24). The van der Waals surface area contributed by atoms with Gasteiger partial charge in [0.15, 0.2) is 5.82 Å². The summed E-state index contributed by atoms with van der Waals surface area (Å²) in [6.07, 6.45) is 2.56. The third kappa shape index (κ3) is 4.84. The number of hydrogen-bond acceptors (Lipinski definition) is 8. The van der Waals surface area contributed by atoms with E-state index in [1.54, 1.807) is 29.4 Å². The number of rotatable bonds is 8. The number of carbonyl (C=O) groups is 1. The molecule has 1 amide bonds. The third-order valence-corrected chi connectivity index (χ3v) is 6.27. The van der Waals surface area contributed by atoms with E-state index in [4.69, 9.17) is 4.52 Å². The lowest BCUT2D eigenvalue weighted by Crippen LogP contribution is -2.26. The van der Waals surface area contributed by atoms with Crippen LogP contribution in [0.4, 0.5) is 0 Å². The zero-order valence-corrected chi connectivity index (χ0v) is 17.5. The number of thioether (sulfide) groups is 1. The molecule has 0 bridgehead atoms. The fraction of sp³-hybridized carbons (Fsp3) is 0.500. The average molecular weight is 406 g/mol. The lowest BCUT2D eigenvalue weighted by Gasteiger charge is -2.05. The molecule has 0 fully saturated rings. The zero-order valence-electron chi connectivity index (χ0n) is 15.9. The van der Waals surface area contributed by atoms with Gasteiger partial charge in [0.25, 0.3) is 0 Å². The minimum Gasteiger partial charge on any atom is -0.356 e. The molecule has 9 heteroatoms. The van der Waals surface area contributed by atoms with E-state index in [2.05, 4.69) is 39.3 Å². The highest BCUT2D eigenvalue weighted by Crippen LogP contribution is 2.34. The highest BCUT2D eigenvalue weighted by molar-refractivity contribution is 7.99. The number of hydrogen-bond donors (Lipinski definition) is 1. The molecule has 0 unspecified atom stereocenters. The second-order valence-electron chi connectivity index (χ2n) is 6.54. The van der Waals surface area contributed by atoms with Crippen molar-refractivity contribution in [1.29, 1.82) is 0 Å². The van der Waals surface area contributed by atoms with Gasteiger partial charge in [-0.25, -0.2) is 9.97 Å².